The van der Waals surface area contributed by atoms with Gasteiger partial charge in [-0.3, -0.25) is 0 Å². The molecule has 1 atom stereocenters. The average Bonchev–Trinajstić information content (AvgIpc) is 3.43. The van der Waals surface area contributed by atoms with Crippen LogP contribution in [0.15, 0.2) is 53.7 Å². The van der Waals surface area contributed by atoms with Gasteiger partial charge in [-0.1, -0.05) is 31.0 Å². The fourth-order valence-corrected chi connectivity index (χ4v) is 5.01. The summed E-state index contributed by atoms with van der Waals surface area (Å²) >= 11 is 1.77. The number of hydrogen-bond donors (Lipinski definition) is 2. The molecule has 5 rings (SSSR count). The van der Waals surface area contributed by atoms with Crippen molar-refractivity contribution in [2.24, 2.45) is 0 Å². The maximum absolute atomic E-state index is 4.86. The van der Waals surface area contributed by atoms with Crippen molar-refractivity contribution in [2.75, 3.05) is 23.4 Å². The number of nitrogens with one attached hydrogen (secondary N) is 2. The van der Waals surface area contributed by atoms with Gasteiger partial charge in [0.15, 0.2) is 0 Å². The summed E-state index contributed by atoms with van der Waals surface area (Å²) in [6.07, 6.45) is 11.0. The summed E-state index contributed by atoms with van der Waals surface area (Å²) in [4.78, 5) is 15.3. The molecule has 5 nitrogen and oxygen atoms in total. The first-order valence-electron chi connectivity index (χ1n) is 10.3. The molecule has 0 radical (unpaired) electrons. The highest BCUT2D eigenvalue weighted by atomic mass is 32.2. The number of pyridine rings is 1. The van der Waals surface area contributed by atoms with E-state index in [1.165, 1.54) is 41.7 Å². The van der Waals surface area contributed by atoms with Crippen molar-refractivity contribution in [3.8, 4) is 11.1 Å². The van der Waals surface area contributed by atoms with E-state index in [-0.39, 0.29) is 5.92 Å². The number of hydrogen-bond acceptors (Lipinski definition) is 6. The van der Waals surface area contributed by atoms with E-state index in [9.17, 15) is 0 Å². The van der Waals surface area contributed by atoms with E-state index in [4.69, 9.17) is 9.97 Å². The third-order valence-corrected chi connectivity index (χ3v) is 6.70. The van der Waals surface area contributed by atoms with Crippen molar-refractivity contribution in [1.82, 2.24) is 15.0 Å². The fraction of sp³-hybridized carbons (Fsp3) is 0.348. The largest absolute Gasteiger partial charge is 0.369 e. The quantitative estimate of drug-likeness (QED) is 0.573. The maximum atomic E-state index is 4.86. The van der Waals surface area contributed by atoms with Gasteiger partial charge in [-0.2, -0.15) is 0 Å². The Kier molecular flexibility index (Phi) is 5.10. The molecule has 1 unspecified atom stereocenters. The van der Waals surface area contributed by atoms with Gasteiger partial charge >= 0.3 is 0 Å². The highest BCUT2D eigenvalue weighted by molar-refractivity contribution is 7.98. The van der Waals surface area contributed by atoms with Gasteiger partial charge in [0.1, 0.15) is 5.82 Å². The minimum absolute atomic E-state index is 0.186. The van der Waals surface area contributed by atoms with Crippen LogP contribution in [0.5, 0.6) is 0 Å². The summed E-state index contributed by atoms with van der Waals surface area (Å²) in [5.41, 5.74) is 4.64. The van der Waals surface area contributed by atoms with E-state index in [2.05, 4.69) is 52.2 Å². The SMILES string of the molecule is CSc1ccccc1-c1cnc2c(c1)C(c1ccnc(NC3CCCC3)n1)CN2. The zero-order valence-corrected chi connectivity index (χ0v) is 17.4. The monoisotopic (exact) mass is 403 g/mol. The minimum atomic E-state index is 0.186. The Morgan fingerprint density at radius 2 is 1.97 bits per heavy atom. The second-order valence-electron chi connectivity index (χ2n) is 7.73. The van der Waals surface area contributed by atoms with Crippen molar-refractivity contribution in [3.05, 3.63) is 60.0 Å². The Morgan fingerprint density at radius 1 is 1.10 bits per heavy atom. The van der Waals surface area contributed by atoms with Gasteiger partial charge in [0.2, 0.25) is 5.95 Å². The number of benzene rings is 1. The molecular weight excluding hydrogens is 378 g/mol. The predicted molar refractivity (Wildman–Crippen MR) is 120 cm³/mol. The first-order chi connectivity index (χ1) is 14.3. The number of aromatic nitrogens is 3. The third kappa shape index (κ3) is 3.69. The maximum Gasteiger partial charge on any atom is 0.223 e. The van der Waals surface area contributed by atoms with Crippen LogP contribution in [-0.2, 0) is 0 Å². The molecular formula is C23H25N5S. The molecule has 3 aromatic rings. The fourth-order valence-electron chi connectivity index (χ4n) is 4.39. The first kappa shape index (κ1) is 18.4. The molecule has 2 aromatic heterocycles. The van der Waals surface area contributed by atoms with Crippen LogP contribution in [0.25, 0.3) is 11.1 Å². The van der Waals surface area contributed by atoms with Crippen molar-refractivity contribution < 1.29 is 0 Å². The predicted octanol–water partition coefficient (Wildman–Crippen LogP) is 5.17. The molecule has 3 heterocycles. The number of fused-ring (bicyclic) bond motifs is 1. The van der Waals surface area contributed by atoms with Gasteiger partial charge in [-0.25, -0.2) is 15.0 Å². The van der Waals surface area contributed by atoms with E-state index < -0.39 is 0 Å². The van der Waals surface area contributed by atoms with E-state index in [1.807, 2.05) is 18.5 Å². The molecule has 1 aliphatic carbocycles. The Labute approximate surface area is 175 Å². The summed E-state index contributed by atoms with van der Waals surface area (Å²) in [6, 6.07) is 13.3. The molecule has 0 bridgehead atoms. The van der Waals surface area contributed by atoms with Gasteiger partial charge in [-0.15, -0.1) is 11.8 Å². The molecule has 0 spiro atoms. The third-order valence-electron chi connectivity index (χ3n) is 5.91. The van der Waals surface area contributed by atoms with Crippen molar-refractivity contribution in [2.45, 2.75) is 42.5 Å². The molecule has 1 saturated carbocycles. The highest BCUT2D eigenvalue weighted by Gasteiger charge is 2.27. The lowest BCUT2D eigenvalue weighted by Crippen LogP contribution is -2.17. The van der Waals surface area contributed by atoms with Gasteiger partial charge in [0.05, 0.1) is 5.69 Å². The normalized spacial score (nSPS) is 18.4. The average molecular weight is 404 g/mol. The van der Waals surface area contributed by atoms with Gasteiger partial charge < -0.3 is 10.6 Å². The summed E-state index contributed by atoms with van der Waals surface area (Å²) in [5.74, 6) is 1.90. The summed E-state index contributed by atoms with van der Waals surface area (Å²) in [6.45, 7) is 0.815. The molecule has 2 N–H and O–H groups in total. The molecule has 2 aliphatic rings. The van der Waals surface area contributed by atoms with Crippen LogP contribution >= 0.6 is 11.8 Å². The lowest BCUT2D eigenvalue weighted by Gasteiger charge is -2.15. The van der Waals surface area contributed by atoms with E-state index in [0.29, 0.717) is 6.04 Å². The minimum Gasteiger partial charge on any atom is -0.369 e. The standard InChI is InChI=1S/C23H25N5S/c1-29-21-9-5-4-8-17(21)15-12-18-19(14-26-22(18)25-13-15)20-10-11-24-23(28-20)27-16-6-2-3-7-16/h4-5,8-13,16,19H,2-3,6-7,14H2,1H3,(H,25,26)(H,24,27,28). The van der Waals surface area contributed by atoms with Gasteiger partial charge in [0.25, 0.3) is 0 Å². The van der Waals surface area contributed by atoms with Crippen LogP contribution in [0.4, 0.5) is 11.8 Å². The summed E-state index contributed by atoms with van der Waals surface area (Å²) < 4.78 is 0. The van der Waals surface area contributed by atoms with E-state index in [0.717, 1.165) is 29.6 Å². The van der Waals surface area contributed by atoms with Crippen LogP contribution in [-0.4, -0.2) is 33.8 Å². The molecule has 29 heavy (non-hydrogen) atoms. The molecule has 148 valence electrons. The molecule has 6 heteroatoms. The number of thioether (sulfide) groups is 1. The second kappa shape index (κ2) is 8.03. The van der Waals surface area contributed by atoms with Crippen LogP contribution in [0.3, 0.4) is 0 Å². The van der Waals surface area contributed by atoms with Crippen LogP contribution < -0.4 is 10.6 Å². The molecule has 1 aromatic carbocycles. The zero-order valence-electron chi connectivity index (χ0n) is 16.6. The van der Waals surface area contributed by atoms with Gasteiger partial charge in [-0.05, 0) is 42.9 Å². The molecule has 0 saturated heterocycles. The smallest absolute Gasteiger partial charge is 0.223 e. The van der Waals surface area contributed by atoms with Crippen LogP contribution in [0.1, 0.15) is 42.9 Å². The number of anilines is 2. The van der Waals surface area contributed by atoms with Crippen molar-refractivity contribution in [1.29, 1.82) is 0 Å². The molecule has 1 fully saturated rings. The zero-order chi connectivity index (χ0) is 19.6. The Hall–Kier alpha value is -2.60. The van der Waals surface area contributed by atoms with Crippen molar-refractivity contribution in [3.63, 3.8) is 0 Å². The Morgan fingerprint density at radius 3 is 2.83 bits per heavy atom. The highest BCUT2D eigenvalue weighted by Crippen LogP contribution is 2.38. The van der Waals surface area contributed by atoms with Gasteiger partial charge in [0, 0.05) is 46.9 Å². The van der Waals surface area contributed by atoms with Crippen LogP contribution in [0.2, 0.25) is 0 Å². The summed E-state index contributed by atoms with van der Waals surface area (Å²) in [5, 5.41) is 6.97. The topological polar surface area (TPSA) is 62.7 Å². The van der Waals surface area contributed by atoms with E-state index in [1.54, 1.807) is 11.8 Å². The summed E-state index contributed by atoms with van der Waals surface area (Å²) in [7, 11) is 0. The Bertz CT molecular complexity index is 1020. The van der Waals surface area contributed by atoms with E-state index >= 15 is 0 Å². The lowest BCUT2D eigenvalue weighted by atomic mass is 9.96. The first-order valence-corrected chi connectivity index (χ1v) is 11.5. The molecule has 0 amide bonds. The number of nitrogens with zero attached hydrogens (tertiary/aromatic N) is 3. The van der Waals surface area contributed by atoms with Crippen molar-refractivity contribution >= 4 is 23.5 Å². The Balaban J connectivity index is 1.46. The molecule has 1 aliphatic heterocycles. The second-order valence-corrected chi connectivity index (χ2v) is 8.57. The lowest BCUT2D eigenvalue weighted by molar-refractivity contribution is 0.738. The van der Waals surface area contributed by atoms with Crippen LogP contribution in [0, 0.1) is 0 Å². The number of rotatable bonds is 5.